The van der Waals surface area contributed by atoms with E-state index in [1.165, 1.54) is 6.07 Å². The standard InChI is InChI=1S/C23H28FN5O2/c1-3-15-10-16-11-19(23-25-14(2)28-31-23)22(27-21(16)12-20(15)24)29-7-4-17(5-8-29)26-18-6-9-30-13-18/h10-12,17-18,26H,3-9,13H2,1-2H3/t18-/m0/s1. The first kappa shape index (κ1) is 20.3. The summed E-state index contributed by atoms with van der Waals surface area (Å²) in [5.41, 5.74) is 2.13. The maximum Gasteiger partial charge on any atom is 0.261 e. The Morgan fingerprint density at radius 1 is 1.13 bits per heavy atom. The molecule has 0 amide bonds. The Balaban J connectivity index is 1.46. The smallest absolute Gasteiger partial charge is 0.261 e. The SMILES string of the molecule is CCc1cc2cc(-c3nc(C)no3)c(N3CCC(N[C@H]4CCOC4)CC3)nc2cc1F. The van der Waals surface area contributed by atoms with Crippen LogP contribution >= 0.6 is 0 Å². The number of benzene rings is 1. The molecule has 4 heterocycles. The van der Waals surface area contributed by atoms with Gasteiger partial charge in [-0.2, -0.15) is 4.98 Å². The highest BCUT2D eigenvalue weighted by molar-refractivity contribution is 5.88. The molecule has 164 valence electrons. The molecule has 2 aromatic heterocycles. The molecule has 1 N–H and O–H groups in total. The van der Waals surface area contributed by atoms with Crippen LogP contribution < -0.4 is 10.2 Å². The van der Waals surface area contributed by atoms with Gasteiger partial charge in [0.2, 0.25) is 0 Å². The van der Waals surface area contributed by atoms with Crippen LogP contribution in [0.3, 0.4) is 0 Å². The molecule has 2 fully saturated rings. The van der Waals surface area contributed by atoms with E-state index >= 15 is 0 Å². The fraction of sp³-hybridized carbons (Fsp3) is 0.522. The minimum absolute atomic E-state index is 0.212. The van der Waals surface area contributed by atoms with E-state index in [0.717, 1.165) is 62.3 Å². The number of hydrogen-bond acceptors (Lipinski definition) is 7. The molecule has 0 aliphatic carbocycles. The molecular formula is C23H28FN5O2. The number of nitrogens with zero attached hydrogens (tertiary/aromatic N) is 4. The topological polar surface area (TPSA) is 76.3 Å². The van der Waals surface area contributed by atoms with E-state index in [-0.39, 0.29) is 5.82 Å². The molecule has 0 saturated carbocycles. The van der Waals surface area contributed by atoms with Crippen molar-refractivity contribution in [3.05, 3.63) is 35.4 Å². The Hall–Kier alpha value is -2.58. The highest BCUT2D eigenvalue weighted by atomic mass is 19.1. The monoisotopic (exact) mass is 425 g/mol. The molecular weight excluding hydrogens is 397 g/mol. The van der Waals surface area contributed by atoms with Crippen LogP contribution in [0, 0.1) is 12.7 Å². The van der Waals surface area contributed by atoms with Gasteiger partial charge in [-0.05, 0) is 50.3 Å². The Kier molecular flexibility index (Phi) is 5.58. The summed E-state index contributed by atoms with van der Waals surface area (Å²) in [5.74, 6) is 1.60. The van der Waals surface area contributed by atoms with Crippen molar-refractivity contribution in [2.75, 3.05) is 31.2 Å². The Bertz CT molecular complexity index is 1070. The van der Waals surface area contributed by atoms with Crippen LogP contribution in [0.25, 0.3) is 22.4 Å². The lowest BCUT2D eigenvalue weighted by Gasteiger charge is -2.35. The van der Waals surface area contributed by atoms with Crippen LogP contribution in [-0.2, 0) is 11.2 Å². The zero-order valence-corrected chi connectivity index (χ0v) is 18.0. The number of anilines is 1. The number of aryl methyl sites for hydroxylation is 2. The van der Waals surface area contributed by atoms with E-state index in [4.69, 9.17) is 14.2 Å². The fourth-order valence-electron chi connectivity index (χ4n) is 4.57. The van der Waals surface area contributed by atoms with Crippen LogP contribution in [-0.4, -0.2) is 53.5 Å². The lowest BCUT2D eigenvalue weighted by molar-refractivity contribution is 0.186. The van der Waals surface area contributed by atoms with Crippen molar-refractivity contribution < 1.29 is 13.7 Å². The van der Waals surface area contributed by atoms with Crippen molar-refractivity contribution in [3.63, 3.8) is 0 Å². The highest BCUT2D eigenvalue weighted by Gasteiger charge is 2.27. The van der Waals surface area contributed by atoms with Crippen molar-refractivity contribution in [2.45, 2.75) is 51.6 Å². The minimum Gasteiger partial charge on any atom is -0.380 e. The molecule has 31 heavy (non-hydrogen) atoms. The van der Waals surface area contributed by atoms with Gasteiger partial charge in [0.25, 0.3) is 5.89 Å². The second-order valence-electron chi connectivity index (χ2n) is 8.48. The summed E-state index contributed by atoms with van der Waals surface area (Å²) in [6.45, 7) is 7.12. The minimum atomic E-state index is -0.212. The third-order valence-electron chi connectivity index (χ3n) is 6.30. The number of fused-ring (bicyclic) bond motifs is 1. The largest absolute Gasteiger partial charge is 0.380 e. The van der Waals surface area contributed by atoms with E-state index in [1.807, 2.05) is 19.1 Å². The number of pyridine rings is 1. The van der Waals surface area contributed by atoms with Crippen molar-refractivity contribution in [2.24, 2.45) is 0 Å². The number of nitrogens with one attached hydrogen (secondary N) is 1. The van der Waals surface area contributed by atoms with Crippen LogP contribution in [0.1, 0.15) is 37.6 Å². The molecule has 8 heteroatoms. The molecule has 7 nitrogen and oxygen atoms in total. The summed E-state index contributed by atoms with van der Waals surface area (Å²) >= 11 is 0. The fourth-order valence-corrected chi connectivity index (χ4v) is 4.57. The summed E-state index contributed by atoms with van der Waals surface area (Å²) in [6.07, 6.45) is 3.74. The maximum absolute atomic E-state index is 14.5. The van der Waals surface area contributed by atoms with Gasteiger partial charge in [-0.1, -0.05) is 12.1 Å². The van der Waals surface area contributed by atoms with Crippen molar-refractivity contribution in [1.82, 2.24) is 20.4 Å². The van der Waals surface area contributed by atoms with E-state index in [1.54, 1.807) is 6.92 Å². The van der Waals surface area contributed by atoms with Crippen LogP contribution in [0.4, 0.5) is 10.2 Å². The normalized spacial score (nSPS) is 20.1. The first-order valence-corrected chi connectivity index (χ1v) is 11.1. The molecule has 0 bridgehead atoms. The van der Waals surface area contributed by atoms with Gasteiger partial charge < -0.3 is 19.5 Å². The van der Waals surface area contributed by atoms with E-state index in [2.05, 4.69) is 20.4 Å². The lowest BCUT2D eigenvalue weighted by atomic mass is 10.0. The third kappa shape index (κ3) is 4.14. The van der Waals surface area contributed by atoms with Gasteiger partial charge in [-0.15, -0.1) is 0 Å². The molecule has 1 atom stereocenters. The summed E-state index contributed by atoms with van der Waals surface area (Å²) in [7, 11) is 0. The quantitative estimate of drug-likeness (QED) is 0.669. The first-order chi connectivity index (χ1) is 15.1. The number of aromatic nitrogens is 3. The summed E-state index contributed by atoms with van der Waals surface area (Å²) in [6, 6.07) is 6.34. The molecule has 0 unspecified atom stereocenters. The number of piperidine rings is 1. The van der Waals surface area contributed by atoms with Gasteiger partial charge in [0.15, 0.2) is 5.82 Å². The third-order valence-corrected chi connectivity index (χ3v) is 6.30. The average Bonchev–Trinajstić information content (AvgIpc) is 3.45. The van der Waals surface area contributed by atoms with Gasteiger partial charge in [0.05, 0.1) is 17.7 Å². The Morgan fingerprint density at radius 3 is 2.65 bits per heavy atom. The van der Waals surface area contributed by atoms with Crippen molar-refractivity contribution >= 4 is 16.7 Å². The second kappa shape index (κ2) is 8.51. The number of ether oxygens (including phenoxy) is 1. The van der Waals surface area contributed by atoms with Gasteiger partial charge in [-0.3, -0.25) is 0 Å². The molecule has 0 spiro atoms. The zero-order chi connectivity index (χ0) is 21.4. The van der Waals surface area contributed by atoms with E-state index < -0.39 is 0 Å². The Morgan fingerprint density at radius 2 is 1.97 bits per heavy atom. The predicted octanol–water partition coefficient (Wildman–Crippen LogP) is 3.64. The van der Waals surface area contributed by atoms with Crippen LogP contribution in [0.5, 0.6) is 0 Å². The van der Waals surface area contributed by atoms with E-state index in [9.17, 15) is 4.39 Å². The van der Waals surface area contributed by atoms with Crippen LogP contribution in [0.2, 0.25) is 0 Å². The highest BCUT2D eigenvalue weighted by Crippen LogP contribution is 2.34. The molecule has 2 saturated heterocycles. The molecule has 0 radical (unpaired) electrons. The lowest BCUT2D eigenvalue weighted by Crippen LogP contribution is -2.46. The van der Waals surface area contributed by atoms with E-state index in [0.29, 0.717) is 41.3 Å². The van der Waals surface area contributed by atoms with Crippen molar-refractivity contribution in [3.8, 4) is 11.5 Å². The number of halogens is 1. The second-order valence-corrected chi connectivity index (χ2v) is 8.48. The molecule has 1 aromatic carbocycles. The molecule has 2 aliphatic heterocycles. The molecule has 5 rings (SSSR count). The zero-order valence-electron chi connectivity index (χ0n) is 18.0. The maximum atomic E-state index is 14.5. The summed E-state index contributed by atoms with van der Waals surface area (Å²) in [5, 5.41) is 8.57. The van der Waals surface area contributed by atoms with Crippen molar-refractivity contribution in [1.29, 1.82) is 0 Å². The van der Waals surface area contributed by atoms with Crippen LogP contribution in [0.15, 0.2) is 22.7 Å². The average molecular weight is 426 g/mol. The predicted molar refractivity (Wildman–Crippen MR) is 117 cm³/mol. The van der Waals surface area contributed by atoms with Gasteiger partial charge >= 0.3 is 0 Å². The number of hydrogen-bond donors (Lipinski definition) is 1. The molecule has 3 aromatic rings. The number of rotatable bonds is 5. The molecule has 2 aliphatic rings. The first-order valence-electron chi connectivity index (χ1n) is 11.1. The van der Waals surface area contributed by atoms with Gasteiger partial charge in [0, 0.05) is 43.2 Å². The summed E-state index contributed by atoms with van der Waals surface area (Å²) < 4.78 is 25.4. The van der Waals surface area contributed by atoms with Gasteiger partial charge in [0.1, 0.15) is 11.6 Å². The Labute approximate surface area is 181 Å². The summed E-state index contributed by atoms with van der Waals surface area (Å²) in [4.78, 5) is 11.6. The van der Waals surface area contributed by atoms with Gasteiger partial charge in [-0.25, -0.2) is 9.37 Å².